The number of benzene rings is 1. The molecule has 0 radical (unpaired) electrons. The van der Waals surface area contributed by atoms with Crippen molar-refractivity contribution in [3.63, 3.8) is 0 Å². The molecular formula is C15H24N2O6S2. The molecule has 8 nitrogen and oxygen atoms in total. The zero-order chi connectivity index (χ0) is 18.5. The molecule has 25 heavy (non-hydrogen) atoms. The maximum absolute atomic E-state index is 12.2. The van der Waals surface area contributed by atoms with Gasteiger partial charge in [0.2, 0.25) is 20.0 Å². The van der Waals surface area contributed by atoms with Gasteiger partial charge in [-0.3, -0.25) is 0 Å². The van der Waals surface area contributed by atoms with Gasteiger partial charge in [0.25, 0.3) is 0 Å². The molecule has 1 fully saturated rings. The molecule has 0 aromatic heterocycles. The van der Waals surface area contributed by atoms with E-state index >= 15 is 0 Å². The topological polar surface area (TPSA) is 102 Å². The van der Waals surface area contributed by atoms with Gasteiger partial charge in [0.05, 0.1) is 30.0 Å². The third-order valence-corrected chi connectivity index (χ3v) is 6.87. The second kappa shape index (κ2) is 8.45. The van der Waals surface area contributed by atoms with E-state index in [1.54, 1.807) is 12.1 Å². The second-order valence-corrected chi connectivity index (χ2v) is 9.72. The molecule has 0 aliphatic carbocycles. The lowest BCUT2D eigenvalue weighted by atomic mass is 10.3. The number of ether oxygens (including phenoxy) is 2. The highest BCUT2D eigenvalue weighted by molar-refractivity contribution is 7.90. The molecule has 142 valence electrons. The summed E-state index contributed by atoms with van der Waals surface area (Å²) in [5, 5.41) is 0. The lowest BCUT2D eigenvalue weighted by molar-refractivity contribution is 0.0730. The van der Waals surface area contributed by atoms with Crippen LogP contribution in [0.2, 0.25) is 0 Å². The predicted molar refractivity (Wildman–Crippen MR) is 93.6 cm³/mol. The summed E-state index contributed by atoms with van der Waals surface area (Å²) in [4.78, 5) is 0.0624. The molecular weight excluding hydrogens is 368 g/mol. The first-order valence-corrected chi connectivity index (χ1v) is 11.1. The van der Waals surface area contributed by atoms with Gasteiger partial charge in [0.1, 0.15) is 5.75 Å². The van der Waals surface area contributed by atoms with Crippen LogP contribution >= 0.6 is 0 Å². The van der Waals surface area contributed by atoms with Crippen LogP contribution in [0.3, 0.4) is 0 Å². The van der Waals surface area contributed by atoms with E-state index in [1.807, 2.05) is 13.8 Å². The van der Waals surface area contributed by atoms with Crippen LogP contribution in [0.25, 0.3) is 0 Å². The average Bonchev–Trinajstić information content (AvgIpc) is 2.55. The Labute approximate surface area is 149 Å². The lowest BCUT2D eigenvalue weighted by Gasteiger charge is -2.26. The second-order valence-electron chi connectivity index (χ2n) is 5.86. The summed E-state index contributed by atoms with van der Waals surface area (Å²) in [7, 11) is -7.27. The van der Waals surface area contributed by atoms with Crippen LogP contribution in [0.1, 0.15) is 13.8 Å². The highest BCUT2D eigenvalue weighted by Gasteiger charge is 2.24. The minimum atomic E-state index is -3.77. The molecule has 1 aliphatic heterocycles. The van der Waals surface area contributed by atoms with E-state index in [4.69, 9.17) is 9.47 Å². The minimum absolute atomic E-state index is 0.00836. The third-order valence-electron chi connectivity index (χ3n) is 3.52. The number of morpholine rings is 1. The highest BCUT2D eigenvalue weighted by Crippen LogP contribution is 2.17. The van der Waals surface area contributed by atoms with Crippen molar-refractivity contribution in [3.05, 3.63) is 24.3 Å². The van der Waals surface area contributed by atoms with E-state index in [0.29, 0.717) is 32.1 Å². The molecule has 0 amide bonds. The average molecular weight is 392 g/mol. The van der Waals surface area contributed by atoms with Crippen molar-refractivity contribution in [2.45, 2.75) is 24.8 Å². The Balaban J connectivity index is 1.92. The van der Waals surface area contributed by atoms with Gasteiger partial charge in [0, 0.05) is 19.6 Å². The van der Waals surface area contributed by atoms with Crippen LogP contribution in [0.5, 0.6) is 5.75 Å². The Kier molecular flexibility index (Phi) is 6.80. The van der Waals surface area contributed by atoms with Crippen LogP contribution in [0.15, 0.2) is 29.2 Å². The fraction of sp³-hybridized carbons (Fsp3) is 0.600. The predicted octanol–water partition coefficient (Wildman–Crippen LogP) is 0.414. The van der Waals surface area contributed by atoms with Gasteiger partial charge in [-0.1, -0.05) is 0 Å². The number of nitrogens with zero attached hydrogens (tertiary/aromatic N) is 1. The molecule has 1 saturated heterocycles. The van der Waals surface area contributed by atoms with Crippen molar-refractivity contribution in [1.29, 1.82) is 0 Å². The number of hydrogen-bond acceptors (Lipinski definition) is 6. The monoisotopic (exact) mass is 392 g/mol. The first-order valence-electron chi connectivity index (χ1n) is 8.03. The minimum Gasteiger partial charge on any atom is -0.491 e. The summed E-state index contributed by atoms with van der Waals surface area (Å²) in [6.07, 6.45) is -0.00836. The van der Waals surface area contributed by atoms with Gasteiger partial charge in [0.15, 0.2) is 0 Å². The fourth-order valence-corrected chi connectivity index (χ4v) is 4.80. The quantitative estimate of drug-likeness (QED) is 0.688. The zero-order valence-corrected chi connectivity index (χ0v) is 16.0. The maximum atomic E-state index is 12.2. The molecule has 1 aromatic carbocycles. The first kappa shape index (κ1) is 20.1. The van der Waals surface area contributed by atoms with Crippen molar-refractivity contribution in [2.75, 3.05) is 38.6 Å². The van der Waals surface area contributed by atoms with Crippen LogP contribution in [0, 0.1) is 0 Å². The summed E-state index contributed by atoms with van der Waals surface area (Å²) < 4.78 is 63.1. The van der Waals surface area contributed by atoms with E-state index in [1.165, 1.54) is 16.4 Å². The Morgan fingerprint density at radius 2 is 1.72 bits per heavy atom. The molecule has 1 N–H and O–H groups in total. The third kappa shape index (κ3) is 5.93. The normalized spacial score (nSPS) is 16.9. The van der Waals surface area contributed by atoms with E-state index in [0.717, 1.165) is 0 Å². The highest BCUT2D eigenvalue weighted by atomic mass is 32.2. The van der Waals surface area contributed by atoms with Crippen LogP contribution in [-0.4, -0.2) is 65.8 Å². The van der Waals surface area contributed by atoms with Crippen molar-refractivity contribution >= 4 is 20.0 Å². The van der Waals surface area contributed by atoms with E-state index in [-0.39, 0.29) is 23.3 Å². The molecule has 0 unspecified atom stereocenters. The van der Waals surface area contributed by atoms with Crippen LogP contribution < -0.4 is 9.46 Å². The maximum Gasteiger partial charge on any atom is 0.240 e. The Morgan fingerprint density at radius 3 is 2.28 bits per heavy atom. The molecule has 0 spiro atoms. The van der Waals surface area contributed by atoms with E-state index < -0.39 is 20.0 Å². The Morgan fingerprint density at radius 1 is 1.12 bits per heavy atom. The van der Waals surface area contributed by atoms with E-state index in [9.17, 15) is 16.8 Å². The number of nitrogens with one attached hydrogen (secondary N) is 1. The molecule has 1 heterocycles. The number of sulfonamides is 2. The summed E-state index contributed by atoms with van der Waals surface area (Å²) in [6, 6.07) is 5.99. The largest absolute Gasteiger partial charge is 0.491 e. The molecule has 10 heteroatoms. The molecule has 0 bridgehead atoms. The summed E-state index contributed by atoms with van der Waals surface area (Å²) in [5.74, 6) is 0.282. The summed E-state index contributed by atoms with van der Waals surface area (Å²) >= 11 is 0. The smallest absolute Gasteiger partial charge is 0.240 e. The molecule has 0 saturated carbocycles. The Hall–Kier alpha value is -1.20. The molecule has 2 rings (SSSR count). The zero-order valence-electron chi connectivity index (χ0n) is 14.3. The molecule has 0 atom stereocenters. The van der Waals surface area contributed by atoms with E-state index in [2.05, 4.69) is 4.72 Å². The Bertz CT molecular complexity index is 754. The van der Waals surface area contributed by atoms with Gasteiger partial charge in [-0.2, -0.15) is 4.31 Å². The summed E-state index contributed by atoms with van der Waals surface area (Å²) in [6.45, 7) is 4.87. The fourth-order valence-electron chi connectivity index (χ4n) is 2.31. The molecule has 1 aliphatic rings. The van der Waals surface area contributed by atoms with Crippen LogP contribution in [-0.2, 0) is 24.8 Å². The molecule has 1 aromatic rings. The van der Waals surface area contributed by atoms with Crippen molar-refractivity contribution in [1.82, 2.24) is 9.03 Å². The van der Waals surface area contributed by atoms with Crippen LogP contribution in [0.4, 0.5) is 0 Å². The van der Waals surface area contributed by atoms with Gasteiger partial charge >= 0.3 is 0 Å². The van der Waals surface area contributed by atoms with Crippen molar-refractivity contribution in [2.24, 2.45) is 0 Å². The van der Waals surface area contributed by atoms with Crippen molar-refractivity contribution < 1.29 is 26.3 Å². The van der Waals surface area contributed by atoms with Gasteiger partial charge < -0.3 is 9.47 Å². The van der Waals surface area contributed by atoms with Gasteiger partial charge in [-0.05, 0) is 38.1 Å². The van der Waals surface area contributed by atoms with Gasteiger partial charge in [-0.15, -0.1) is 0 Å². The number of rotatable bonds is 8. The first-order chi connectivity index (χ1) is 11.7. The lowest BCUT2D eigenvalue weighted by Crippen LogP contribution is -2.43. The van der Waals surface area contributed by atoms with Crippen molar-refractivity contribution in [3.8, 4) is 5.75 Å². The summed E-state index contributed by atoms with van der Waals surface area (Å²) in [5.41, 5.74) is 0. The SMILES string of the molecule is CC(C)Oc1ccc(S(=O)(=O)NCCS(=O)(=O)N2CCOCC2)cc1. The number of hydrogen-bond donors (Lipinski definition) is 1. The standard InChI is InChI=1S/C15H24N2O6S2/c1-13(2)23-14-3-5-15(6-4-14)25(20,21)16-7-12-24(18,19)17-8-10-22-11-9-17/h3-6,13,16H,7-12H2,1-2H3. The van der Waals surface area contributed by atoms with Gasteiger partial charge in [-0.25, -0.2) is 21.6 Å².